The minimum Gasteiger partial charge on any atom is -0.480 e. The van der Waals surface area contributed by atoms with Crippen LogP contribution in [0.5, 0.6) is 5.88 Å². The Kier molecular flexibility index (Phi) is 6.01. The van der Waals surface area contributed by atoms with Crippen molar-refractivity contribution in [1.82, 2.24) is 15.3 Å². The predicted molar refractivity (Wildman–Crippen MR) is 77.2 cm³/mol. The van der Waals surface area contributed by atoms with Crippen molar-refractivity contribution >= 4 is 27.8 Å². The Bertz CT molecular complexity index is 440. The molecule has 1 rings (SSSR count). The third-order valence-electron chi connectivity index (χ3n) is 2.33. The lowest BCUT2D eigenvalue weighted by Gasteiger charge is -2.15. The number of anilines is 1. The smallest absolute Gasteiger partial charge is 0.242 e. The van der Waals surface area contributed by atoms with E-state index in [1.807, 2.05) is 13.8 Å². The number of methoxy groups -OCH3 is 1. The lowest BCUT2D eigenvalue weighted by Crippen LogP contribution is -2.39. The first kappa shape index (κ1) is 15.7. The van der Waals surface area contributed by atoms with Gasteiger partial charge in [0.2, 0.25) is 17.7 Å². The average molecular weight is 331 g/mol. The average Bonchev–Trinajstić information content (AvgIpc) is 2.37. The zero-order chi connectivity index (χ0) is 14.4. The molecule has 1 amide bonds. The second kappa shape index (κ2) is 7.28. The number of nitrogens with zero attached hydrogens (tertiary/aromatic N) is 2. The minimum absolute atomic E-state index is 0.0841. The fraction of sp³-hybridized carbons (Fsp3) is 0.583. The maximum Gasteiger partial charge on any atom is 0.242 e. The summed E-state index contributed by atoms with van der Waals surface area (Å²) in [5, 5.41) is 5.78. The highest BCUT2D eigenvalue weighted by Gasteiger charge is 2.14. The van der Waals surface area contributed by atoms with Crippen LogP contribution in [-0.2, 0) is 4.79 Å². The fourth-order valence-corrected chi connectivity index (χ4v) is 1.63. The SMILES string of the molecule is COc1nc(NC(C)C(=O)NCC(C)C)ncc1Br. The third-order valence-corrected chi connectivity index (χ3v) is 2.87. The molecule has 1 aromatic rings. The summed E-state index contributed by atoms with van der Waals surface area (Å²) >= 11 is 3.27. The summed E-state index contributed by atoms with van der Waals surface area (Å²) in [6, 6.07) is -0.412. The van der Waals surface area contributed by atoms with Crippen molar-refractivity contribution in [3.8, 4) is 5.88 Å². The molecule has 1 heterocycles. The molecule has 1 unspecified atom stereocenters. The largest absolute Gasteiger partial charge is 0.480 e. The maximum atomic E-state index is 11.8. The van der Waals surface area contributed by atoms with E-state index < -0.39 is 6.04 Å². The first-order valence-electron chi connectivity index (χ1n) is 6.04. The zero-order valence-electron chi connectivity index (χ0n) is 11.5. The Morgan fingerprint density at radius 2 is 2.16 bits per heavy atom. The van der Waals surface area contributed by atoms with Crippen LogP contribution in [0.15, 0.2) is 10.7 Å². The van der Waals surface area contributed by atoms with Crippen LogP contribution < -0.4 is 15.4 Å². The number of rotatable bonds is 6. The van der Waals surface area contributed by atoms with Crippen LogP contribution >= 0.6 is 15.9 Å². The molecule has 19 heavy (non-hydrogen) atoms. The summed E-state index contributed by atoms with van der Waals surface area (Å²) in [5.41, 5.74) is 0. The van der Waals surface area contributed by atoms with Crippen molar-refractivity contribution in [3.63, 3.8) is 0 Å². The highest BCUT2D eigenvalue weighted by molar-refractivity contribution is 9.10. The molecule has 106 valence electrons. The van der Waals surface area contributed by atoms with Gasteiger partial charge in [0.1, 0.15) is 6.04 Å². The van der Waals surface area contributed by atoms with Crippen molar-refractivity contribution in [2.45, 2.75) is 26.8 Å². The quantitative estimate of drug-likeness (QED) is 0.832. The number of aromatic nitrogens is 2. The summed E-state index contributed by atoms with van der Waals surface area (Å²) < 4.78 is 5.73. The molecule has 7 heteroatoms. The number of carbonyl (C=O) groups is 1. The summed E-state index contributed by atoms with van der Waals surface area (Å²) in [4.78, 5) is 20.0. The van der Waals surface area contributed by atoms with E-state index in [0.717, 1.165) is 0 Å². The van der Waals surface area contributed by atoms with Crippen molar-refractivity contribution < 1.29 is 9.53 Å². The molecule has 1 aromatic heterocycles. The van der Waals surface area contributed by atoms with Crippen LogP contribution in [0.25, 0.3) is 0 Å². The van der Waals surface area contributed by atoms with E-state index in [0.29, 0.717) is 28.8 Å². The summed E-state index contributed by atoms with van der Waals surface area (Å²) in [5.74, 6) is 1.11. The molecule has 0 aliphatic carbocycles. The summed E-state index contributed by atoms with van der Waals surface area (Å²) in [7, 11) is 1.52. The molecule has 2 N–H and O–H groups in total. The van der Waals surface area contributed by atoms with Gasteiger partial charge < -0.3 is 15.4 Å². The molecular weight excluding hydrogens is 312 g/mol. The number of halogens is 1. The summed E-state index contributed by atoms with van der Waals surface area (Å²) in [6.07, 6.45) is 1.58. The van der Waals surface area contributed by atoms with E-state index in [-0.39, 0.29) is 5.91 Å². The number of amides is 1. The Hall–Kier alpha value is -1.37. The second-order valence-corrected chi connectivity index (χ2v) is 5.41. The zero-order valence-corrected chi connectivity index (χ0v) is 13.1. The predicted octanol–water partition coefficient (Wildman–Crippen LogP) is 1.82. The minimum atomic E-state index is -0.412. The number of hydrogen-bond acceptors (Lipinski definition) is 5. The van der Waals surface area contributed by atoms with Gasteiger partial charge in [0.25, 0.3) is 0 Å². The molecule has 0 aliphatic rings. The van der Waals surface area contributed by atoms with E-state index in [9.17, 15) is 4.79 Å². The van der Waals surface area contributed by atoms with Gasteiger partial charge >= 0.3 is 0 Å². The Balaban J connectivity index is 2.61. The van der Waals surface area contributed by atoms with E-state index in [2.05, 4.69) is 36.5 Å². The van der Waals surface area contributed by atoms with Crippen LogP contribution in [0.3, 0.4) is 0 Å². The lowest BCUT2D eigenvalue weighted by atomic mass is 10.2. The van der Waals surface area contributed by atoms with Crippen molar-refractivity contribution in [2.75, 3.05) is 19.0 Å². The molecule has 6 nitrogen and oxygen atoms in total. The van der Waals surface area contributed by atoms with Crippen molar-refractivity contribution in [2.24, 2.45) is 5.92 Å². The van der Waals surface area contributed by atoms with Crippen LogP contribution in [0.1, 0.15) is 20.8 Å². The Morgan fingerprint density at radius 3 is 2.74 bits per heavy atom. The molecular formula is C12H19BrN4O2. The van der Waals surface area contributed by atoms with Gasteiger partial charge in [-0.25, -0.2) is 4.98 Å². The number of nitrogens with one attached hydrogen (secondary N) is 2. The van der Waals surface area contributed by atoms with Gasteiger partial charge in [-0.15, -0.1) is 0 Å². The van der Waals surface area contributed by atoms with Gasteiger partial charge in [0.05, 0.1) is 17.8 Å². The van der Waals surface area contributed by atoms with Crippen LogP contribution in [0.2, 0.25) is 0 Å². The first-order valence-corrected chi connectivity index (χ1v) is 6.84. The van der Waals surface area contributed by atoms with E-state index in [4.69, 9.17) is 4.74 Å². The van der Waals surface area contributed by atoms with Gasteiger partial charge in [-0.1, -0.05) is 13.8 Å². The molecule has 0 radical (unpaired) electrons. The third kappa shape index (κ3) is 5.02. The topological polar surface area (TPSA) is 76.1 Å². The highest BCUT2D eigenvalue weighted by Crippen LogP contribution is 2.21. The Morgan fingerprint density at radius 1 is 1.47 bits per heavy atom. The van der Waals surface area contributed by atoms with Gasteiger partial charge in [-0.05, 0) is 28.8 Å². The van der Waals surface area contributed by atoms with E-state index in [1.165, 1.54) is 7.11 Å². The molecule has 0 saturated carbocycles. The van der Waals surface area contributed by atoms with E-state index >= 15 is 0 Å². The number of ether oxygens (including phenoxy) is 1. The van der Waals surface area contributed by atoms with Crippen molar-refractivity contribution in [1.29, 1.82) is 0 Å². The van der Waals surface area contributed by atoms with Gasteiger partial charge in [-0.2, -0.15) is 4.98 Å². The van der Waals surface area contributed by atoms with Crippen LogP contribution in [-0.4, -0.2) is 35.6 Å². The standard InChI is InChI=1S/C12H19BrN4O2/c1-7(2)5-14-10(18)8(3)16-12-15-6-9(13)11(17-12)19-4/h6-8H,5H2,1-4H3,(H,14,18)(H,15,16,17). The summed E-state index contributed by atoms with van der Waals surface area (Å²) in [6.45, 7) is 6.49. The van der Waals surface area contributed by atoms with Crippen molar-refractivity contribution in [3.05, 3.63) is 10.7 Å². The van der Waals surface area contributed by atoms with E-state index in [1.54, 1.807) is 13.1 Å². The molecule has 0 fully saturated rings. The van der Waals surface area contributed by atoms with Gasteiger partial charge in [0, 0.05) is 6.54 Å². The monoisotopic (exact) mass is 330 g/mol. The number of hydrogen-bond donors (Lipinski definition) is 2. The van der Waals surface area contributed by atoms with Gasteiger partial charge in [0.15, 0.2) is 0 Å². The molecule has 0 aliphatic heterocycles. The number of carbonyl (C=O) groups excluding carboxylic acids is 1. The molecule has 0 bridgehead atoms. The van der Waals surface area contributed by atoms with Gasteiger partial charge in [-0.3, -0.25) is 4.79 Å². The highest BCUT2D eigenvalue weighted by atomic mass is 79.9. The molecule has 0 saturated heterocycles. The van der Waals surface area contributed by atoms with Crippen LogP contribution in [0.4, 0.5) is 5.95 Å². The fourth-order valence-electron chi connectivity index (χ4n) is 1.28. The maximum absolute atomic E-state index is 11.8. The molecule has 1 atom stereocenters. The Labute approximate surface area is 121 Å². The normalized spacial score (nSPS) is 12.1. The molecule has 0 spiro atoms. The second-order valence-electron chi connectivity index (χ2n) is 4.56. The first-order chi connectivity index (χ1) is 8.93. The lowest BCUT2D eigenvalue weighted by molar-refractivity contribution is -0.121. The molecule has 0 aromatic carbocycles. The van der Waals surface area contributed by atoms with Crippen LogP contribution in [0, 0.1) is 5.92 Å².